The summed E-state index contributed by atoms with van der Waals surface area (Å²) in [6, 6.07) is 5.72. The fourth-order valence-corrected chi connectivity index (χ4v) is 4.35. The lowest BCUT2D eigenvalue weighted by Gasteiger charge is -2.46. The van der Waals surface area contributed by atoms with Crippen molar-refractivity contribution in [2.24, 2.45) is 11.8 Å². The molecule has 5 rings (SSSR count). The summed E-state index contributed by atoms with van der Waals surface area (Å²) in [6.45, 7) is 3.66. The number of benzene rings is 1. The molecule has 2 unspecified atom stereocenters. The number of methoxy groups -OCH3 is 1. The maximum atomic E-state index is 14.3. The summed E-state index contributed by atoms with van der Waals surface area (Å²) < 4.78 is 43.1. The molecule has 0 spiro atoms. The van der Waals surface area contributed by atoms with Crippen molar-refractivity contribution in [2.75, 3.05) is 33.4 Å². The van der Waals surface area contributed by atoms with Crippen LogP contribution in [0, 0.1) is 29.0 Å². The molecule has 0 N–H and O–H groups in total. The van der Waals surface area contributed by atoms with Gasteiger partial charge in [0.05, 0.1) is 32.0 Å². The van der Waals surface area contributed by atoms with E-state index in [4.69, 9.17) is 28.9 Å². The molecule has 1 amide bonds. The predicted molar refractivity (Wildman–Crippen MR) is 118 cm³/mol. The van der Waals surface area contributed by atoms with E-state index in [-0.39, 0.29) is 58.5 Å². The fraction of sp³-hybridized carbons (Fsp3) is 0.500. The number of halogens is 1. The van der Waals surface area contributed by atoms with E-state index in [1.54, 1.807) is 4.90 Å². The van der Waals surface area contributed by atoms with Crippen LogP contribution in [0.3, 0.4) is 0 Å². The second-order valence-corrected chi connectivity index (χ2v) is 9.24. The van der Waals surface area contributed by atoms with Crippen molar-refractivity contribution in [2.45, 2.75) is 31.5 Å². The Balaban J connectivity index is 1.33. The van der Waals surface area contributed by atoms with Crippen molar-refractivity contribution in [3.8, 4) is 29.3 Å². The van der Waals surface area contributed by atoms with Gasteiger partial charge >= 0.3 is 6.09 Å². The van der Waals surface area contributed by atoms with Gasteiger partial charge in [-0.05, 0) is 38.0 Å². The number of carbonyl (C=O) groups is 1. The number of nitrogens with zero attached hydrogens (tertiary/aromatic N) is 4. The van der Waals surface area contributed by atoms with Crippen LogP contribution in [0.25, 0.3) is 0 Å². The molecule has 35 heavy (non-hydrogen) atoms. The number of likely N-dealkylation sites (tertiary alicyclic amines) is 1. The smallest absolute Gasteiger partial charge is 0.410 e. The molecule has 2 bridgehead atoms. The number of aromatic nitrogens is 2. The van der Waals surface area contributed by atoms with Crippen LogP contribution in [-0.2, 0) is 9.47 Å². The van der Waals surface area contributed by atoms with Gasteiger partial charge in [0, 0.05) is 24.9 Å². The minimum Gasteiger partial charge on any atom is -0.487 e. The van der Waals surface area contributed by atoms with Crippen molar-refractivity contribution in [1.82, 2.24) is 14.9 Å². The molecule has 0 radical (unpaired) electrons. The topological polar surface area (TPSA) is 116 Å². The van der Waals surface area contributed by atoms with E-state index < -0.39 is 5.82 Å². The van der Waals surface area contributed by atoms with E-state index in [9.17, 15) is 9.18 Å². The van der Waals surface area contributed by atoms with Gasteiger partial charge in [0.1, 0.15) is 18.0 Å². The predicted octanol–water partition coefficient (Wildman–Crippen LogP) is 3.30. The second kappa shape index (κ2) is 9.19. The quantitative estimate of drug-likeness (QED) is 0.609. The highest BCUT2D eigenvalue weighted by Gasteiger charge is 2.47. The van der Waals surface area contributed by atoms with Gasteiger partial charge in [0.25, 0.3) is 11.8 Å². The van der Waals surface area contributed by atoms with Crippen molar-refractivity contribution in [3.05, 3.63) is 35.9 Å². The molecule has 2 saturated heterocycles. The molecule has 1 aliphatic carbocycles. The Labute approximate surface area is 201 Å². The maximum Gasteiger partial charge on any atom is 0.410 e. The van der Waals surface area contributed by atoms with Crippen LogP contribution in [0.5, 0.6) is 23.3 Å². The number of nitriles is 1. The SMILES string of the molecule is COc1c(Oc2ccc(C#N)cc2F)ncnc1OC1C2COCC1CN(C(=O)OC1(C)CC1)C2. The zero-order valence-corrected chi connectivity index (χ0v) is 19.4. The molecule has 1 aromatic carbocycles. The van der Waals surface area contributed by atoms with E-state index in [1.807, 2.05) is 13.0 Å². The van der Waals surface area contributed by atoms with Crippen molar-refractivity contribution >= 4 is 6.09 Å². The molecular formula is C24H25FN4O6. The maximum absolute atomic E-state index is 14.3. The van der Waals surface area contributed by atoms with Crippen molar-refractivity contribution in [1.29, 1.82) is 5.26 Å². The average molecular weight is 484 g/mol. The van der Waals surface area contributed by atoms with E-state index >= 15 is 0 Å². The molecule has 1 aromatic heterocycles. The van der Waals surface area contributed by atoms with Gasteiger partial charge in [-0.3, -0.25) is 0 Å². The first kappa shape index (κ1) is 23.1. The van der Waals surface area contributed by atoms with Gasteiger partial charge in [-0.2, -0.15) is 15.2 Å². The van der Waals surface area contributed by atoms with Crippen LogP contribution in [0.15, 0.2) is 24.5 Å². The summed E-state index contributed by atoms with van der Waals surface area (Å²) >= 11 is 0. The summed E-state index contributed by atoms with van der Waals surface area (Å²) in [5.74, 6) is -0.786. The largest absolute Gasteiger partial charge is 0.487 e. The summed E-state index contributed by atoms with van der Waals surface area (Å²) in [4.78, 5) is 22.7. The summed E-state index contributed by atoms with van der Waals surface area (Å²) in [7, 11) is 1.41. The average Bonchev–Trinajstić information content (AvgIpc) is 3.56. The number of fused-ring (bicyclic) bond motifs is 2. The highest BCUT2D eigenvalue weighted by Crippen LogP contribution is 2.41. The number of hydrogen-bond donors (Lipinski definition) is 0. The minimum atomic E-state index is -0.710. The Morgan fingerprint density at radius 2 is 1.94 bits per heavy atom. The lowest BCUT2D eigenvalue weighted by Crippen LogP contribution is -2.59. The van der Waals surface area contributed by atoms with Crippen LogP contribution in [0.4, 0.5) is 9.18 Å². The van der Waals surface area contributed by atoms with Crippen molar-refractivity contribution < 1.29 is 32.9 Å². The van der Waals surface area contributed by atoms with Crippen LogP contribution in [0.2, 0.25) is 0 Å². The molecule has 11 heteroatoms. The molecule has 10 nitrogen and oxygen atoms in total. The Morgan fingerprint density at radius 3 is 2.57 bits per heavy atom. The molecule has 2 aliphatic heterocycles. The van der Waals surface area contributed by atoms with Crippen molar-refractivity contribution in [3.63, 3.8) is 0 Å². The van der Waals surface area contributed by atoms with E-state index in [2.05, 4.69) is 9.97 Å². The number of amides is 1. The molecular weight excluding hydrogens is 459 g/mol. The Morgan fingerprint density at radius 1 is 1.23 bits per heavy atom. The molecule has 3 fully saturated rings. The number of carbonyl (C=O) groups excluding carboxylic acids is 1. The highest BCUT2D eigenvalue weighted by atomic mass is 19.1. The summed E-state index contributed by atoms with van der Waals surface area (Å²) in [5.41, 5.74) is -0.168. The summed E-state index contributed by atoms with van der Waals surface area (Å²) in [5, 5.41) is 8.93. The number of piperidine rings is 1. The number of hydrogen-bond acceptors (Lipinski definition) is 9. The first-order valence-corrected chi connectivity index (χ1v) is 11.4. The van der Waals surface area contributed by atoms with Gasteiger partial charge in [-0.15, -0.1) is 0 Å². The van der Waals surface area contributed by atoms with E-state index in [1.165, 1.54) is 25.6 Å². The third kappa shape index (κ3) is 4.79. The van der Waals surface area contributed by atoms with E-state index in [0.717, 1.165) is 18.9 Å². The zero-order valence-electron chi connectivity index (χ0n) is 19.4. The van der Waals surface area contributed by atoms with Crippen LogP contribution < -0.4 is 14.2 Å². The lowest BCUT2D eigenvalue weighted by molar-refractivity contribution is -0.112. The zero-order chi connectivity index (χ0) is 24.6. The first-order chi connectivity index (χ1) is 16.9. The number of rotatable bonds is 6. The third-order valence-corrected chi connectivity index (χ3v) is 6.51. The first-order valence-electron chi connectivity index (χ1n) is 11.4. The van der Waals surface area contributed by atoms with Crippen LogP contribution >= 0.6 is 0 Å². The van der Waals surface area contributed by atoms with Crippen LogP contribution in [0.1, 0.15) is 25.3 Å². The Bertz CT molecular complexity index is 1150. The molecule has 3 aliphatic rings. The molecule has 2 atom stereocenters. The third-order valence-electron chi connectivity index (χ3n) is 6.51. The normalized spacial score (nSPS) is 24.2. The standard InChI is InChI=1S/C24H25FN4O6/c1-24(5-6-24)35-23(30)29-9-15-11-32-12-16(10-29)19(15)34-22-20(31-2)21(27-13-28-22)33-18-4-3-14(8-26)7-17(18)25/h3-4,7,13,15-16,19H,5-6,9-12H2,1-2H3. The van der Waals surface area contributed by atoms with Gasteiger partial charge in [-0.1, -0.05) is 0 Å². The summed E-state index contributed by atoms with van der Waals surface area (Å²) in [6.07, 6.45) is 2.42. The molecule has 184 valence electrons. The molecule has 1 saturated carbocycles. The number of ether oxygens (including phenoxy) is 5. The highest BCUT2D eigenvalue weighted by molar-refractivity contribution is 5.68. The Kier molecular flexibility index (Phi) is 6.06. The van der Waals surface area contributed by atoms with Gasteiger partial charge in [-0.25, -0.2) is 9.18 Å². The molecule has 3 heterocycles. The lowest BCUT2D eigenvalue weighted by atomic mass is 9.84. The Hall–Kier alpha value is -3.65. The van der Waals surface area contributed by atoms with Gasteiger partial charge in [0.15, 0.2) is 11.6 Å². The van der Waals surface area contributed by atoms with E-state index in [0.29, 0.717) is 26.3 Å². The fourth-order valence-electron chi connectivity index (χ4n) is 4.35. The monoisotopic (exact) mass is 484 g/mol. The van der Waals surface area contributed by atoms with Gasteiger partial charge in [0.2, 0.25) is 5.75 Å². The molecule has 2 aromatic rings. The minimum absolute atomic E-state index is 0.0267. The second-order valence-electron chi connectivity index (χ2n) is 9.24. The van der Waals surface area contributed by atoms with Crippen LogP contribution in [-0.4, -0.2) is 66.1 Å². The van der Waals surface area contributed by atoms with Gasteiger partial charge < -0.3 is 28.6 Å².